The van der Waals surface area contributed by atoms with Crippen LogP contribution in [0.15, 0.2) is 48.7 Å². The molecule has 1 fully saturated rings. The predicted molar refractivity (Wildman–Crippen MR) is 135 cm³/mol. The summed E-state index contributed by atoms with van der Waals surface area (Å²) in [6.45, 7) is 2.97. The van der Waals surface area contributed by atoms with E-state index in [4.69, 9.17) is 0 Å². The topological polar surface area (TPSA) is 90.5 Å². The number of fused-ring (bicyclic) bond motifs is 1. The molecule has 11 heteroatoms. The number of anilines is 2. The van der Waals surface area contributed by atoms with Crippen molar-refractivity contribution in [3.8, 4) is 0 Å². The first-order valence-electron chi connectivity index (χ1n) is 12.5. The number of halogens is 3. The van der Waals surface area contributed by atoms with Crippen molar-refractivity contribution in [3.63, 3.8) is 0 Å². The Morgan fingerprint density at radius 1 is 1.00 bits per heavy atom. The first kappa shape index (κ1) is 25.7. The Hall–Kier alpha value is -3.99. The van der Waals surface area contributed by atoms with Gasteiger partial charge in [-0.25, -0.2) is 23.1 Å². The van der Waals surface area contributed by atoms with Crippen LogP contribution >= 0.6 is 0 Å². The monoisotopic (exact) mass is 524 g/mol. The van der Waals surface area contributed by atoms with Gasteiger partial charge >= 0.3 is 0 Å². The number of hydrogen-bond acceptors (Lipinski definition) is 6. The number of benzene rings is 2. The van der Waals surface area contributed by atoms with Crippen molar-refractivity contribution in [2.24, 2.45) is 0 Å². The second-order valence-corrected chi connectivity index (χ2v) is 9.39. The molecule has 198 valence electrons. The SMILES string of the molecule is O=C(NC1CCN(Cc2ccccc2)CC1)c1cnc2c(n1)N(C(=O)c1c(F)ccc(F)c1F)CCCN2. The lowest BCUT2D eigenvalue weighted by atomic mass is 10.0. The van der Waals surface area contributed by atoms with Gasteiger partial charge in [-0.15, -0.1) is 0 Å². The van der Waals surface area contributed by atoms with Crippen molar-refractivity contribution in [1.82, 2.24) is 20.2 Å². The Balaban J connectivity index is 1.29. The number of carbonyl (C=O) groups is 2. The maximum Gasteiger partial charge on any atom is 0.271 e. The molecule has 8 nitrogen and oxygen atoms in total. The summed E-state index contributed by atoms with van der Waals surface area (Å²) >= 11 is 0. The van der Waals surface area contributed by atoms with Crippen LogP contribution in [0, 0.1) is 17.5 Å². The van der Waals surface area contributed by atoms with Gasteiger partial charge in [0.2, 0.25) is 0 Å². The molecule has 0 bridgehead atoms. The highest BCUT2D eigenvalue weighted by molar-refractivity contribution is 6.07. The van der Waals surface area contributed by atoms with E-state index >= 15 is 0 Å². The zero-order valence-corrected chi connectivity index (χ0v) is 20.6. The fourth-order valence-electron chi connectivity index (χ4n) is 4.74. The average molecular weight is 525 g/mol. The molecule has 0 atom stereocenters. The van der Waals surface area contributed by atoms with Gasteiger partial charge < -0.3 is 10.6 Å². The molecule has 38 heavy (non-hydrogen) atoms. The van der Waals surface area contributed by atoms with Crippen molar-refractivity contribution in [2.45, 2.75) is 31.8 Å². The quantitative estimate of drug-likeness (QED) is 0.495. The number of piperidine rings is 1. The fraction of sp³-hybridized carbons (Fsp3) is 0.333. The zero-order valence-electron chi connectivity index (χ0n) is 20.6. The largest absolute Gasteiger partial charge is 0.367 e. The summed E-state index contributed by atoms with van der Waals surface area (Å²) in [6, 6.07) is 11.5. The van der Waals surface area contributed by atoms with Crippen LogP contribution in [-0.4, -0.2) is 58.9 Å². The molecule has 0 spiro atoms. The molecule has 3 heterocycles. The Labute approximate surface area is 217 Å². The van der Waals surface area contributed by atoms with Crippen molar-refractivity contribution >= 4 is 23.5 Å². The Morgan fingerprint density at radius 3 is 2.50 bits per heavy atom. The Morgan fingerprint density at radius 2 is 1.74 bits per heavy atom. The number of aromatic nitrogens is 2. The van der Waals surface area contributed by atoms with Gasteiger partial charge in [0.05, 0.1) is 6.20 Å². The van der Waals surface area contributed by atoms with Crippen LogP contribution in [0.1, 0.15) is 45.7 Å². The minimum atomic E-state index is -1.57. The molecule has 5 rings (SSSR count). The van der Waals surface area contributed by atoms with Gasteiger partial charge in [0.25, 0.3) is 11.8 Å². The normalized spacial score (nSPS) is 16.3. The molecular formula is C27H27F3N6O2. The summed E-state index contributed by atoms with van der Waals surface area (Å²) < 4.78 is 42.5. The second kappa shape index (κ2) is 11.2. The summed E-state index contributed by atoms with van der Waals surface area (Å²) in [6.07, 6.45) is 3.25. The van der Waals surface area contributed by atoms with Crippen molar-refractivity contribution in [2.75, 3.05) is 36.4 Å². The van der Waals surface area contributed by atoms with Crippen molar-refractivity contribution in [1.29, 1.82) is 0 Å². The third kappa shape index (κ3) is 5.47. The average Bonchev–Trinajstić information content (AvgIpc) is 3.14. The van der Waals surface area contributed by atoms with Crippen LogP contribution in [0.5, 0.6) is 0 Å². The molecule has 0 unspecified atom stereocenters. The molecule has 0 saturated carbocycles. The molecule has 2 N–H and O–H groups in total. The van der Waals surface area contributed by atoms with Crippen molar-refractivity contribution < 1.29 is 22.8 Å². The van der Waals surface area contributed by atoms with Gasteiger partial charge in [0.15, 0.2) is 23.3 Å². The number of hydrogen-bond donors (Lipinski definition) is 2. The Kier molecular flexibility index (Phi) is 7.54. The molecule has 0 radical (unpaired) electrons. The van der Waals surface area contributed by atoms with E-state index in [0.29, 0.717) is 25.1 Å². The van der Waals surface area contributed by atoms with Gasteiger partial charge in [-0.2, -0.15) is 0 Å². The van der Waals surface area contributed by atoms with Gasteiger partial charge in [-0.1, -0.05) is 30.3 Å². The number of carbonyl (C=O) groups excluding carboxylic acids is 2. The van der Waals surface area contributed by atoms with Gasteiger partial charge in [-0.05, 0) is 37.0 Å². The van der Waals surface area contributed by atoms with E-state index in [9.17, 15) is 22.8 Å². The number of nitrogens with zero attached hydrogens (tertiary/aromatic N) is 4. The third-order valence-corrected chi connectivity index (χ3v) is 6.77. The molecule has 2 aliphatic heterocycles. The van der Waals surface area contributed by atoms with Gasteiger partial charge in [0, 0.05) is 38.8 Å². The third-order valence-electron chi connectivity index (χ3n) is 6.77. The predicted octanol–water partition coefficient (Wildman–Crippen LogP) is 3.75. The second-order valence-electron chi connectivity index (χ2n) is 9.39. The number of likely N-dealkylation sites (tertiary alicyclic amines) is 1. The van der Waals surface area contributed by atoms with Gasteiger partial charge in [0.1, 0.15) is 17.1 Å². The lowest BCUT2D eigenvalue weighted by Gasteiger charge is -2.32. The Bertz CT molecular complexity index is 1330. The van der Waals surface area contributed by atoms with E-state index in [-0.39, 0.29) is 29.9 Å². The fourth-order valence-corrected chi connectivity index (χ4v) is 4.74. The summed E-state index contributed by atoms with van der Waals surface area (Å²) in [4.78, 5) is 38.1. The standard InChI is InChI=1S/C27H27F3N6O2/c28-19-7-8-20(29)23(30)22(19)27(38)36-12-4-11-31-24-25(36)34-21(15-32-24)26(37)33-18-9-13-35(14-10-18)16-17-5-2-1-3-6-17/h1-3,5-8,15,18H,4,9-14,16H2,(H,31,32)(H,33,37). The number of amides is 2. The van der Waals surface area contributed by atoms with E-state index in [1.807, 2.05) is 18.2 Å². The molecule has 2 amide bonds. The maximum atomic E-state index is 14.4. The molecule has 2 aromatic carbocycles. The van der Waals surface area contributed by atoms with Crippen LogP contribution in [0.4, 0.5) is 24.8 Å². The summed E-state index contributed by atoms with van der Waals surface area (Å²) in [5.74, 6) is -5.50. The molecule has 2 aliphatic rings. The zero-order chi connectivity index (χ0) is 26.6. The van der Waals surface area contributed by atoms with Crippen LogP contribution in [0.25, 0.3) is 0 Å². The van der Waals surface area contributed by atoms with E-state index in [1.165, 1.54) is 11.8 Å². The molecule has 0 aliphatic carbocycles. The number of nitrogens with one attached hydrogen (secondary N) is 2. The van der Waals surface area contributed by atoms with Crippen LogP contribution in [0.3, 0.4) is 0 Å². The van der Waals surface area contributed by atoms with Crippen molar-refractivity contribution in [3.05, 3.63) is 82.9 Å². The highest BCUT2D eigenvalue weighted by Crippen LogP contribution is 2.28. The first-order chi connectivity index (χ1) is 18.4. The minimum absolute atomic E-state index is 0.0304. The van der Waals surface area contributed by atoms with E-state index in [1.54, 1.807) is 0 Å². The lowest BCUT2D eigenvalue weighted by Crippen LogP contribution is -2.44. The molecule has 1 saturated heterocycles. The first-order valence-corrected chi connectivity index (χ1v) is 12.5. The summed E-state index contributed by atoms with van der Waals surface area (Å²) in [7, 11) is 0. The lowest BCUT2D eigenvalue weighted by molar-refractivity contribution is 0.0901. The van der Waals surface area contributed by atoms with E-state index in [0.717, 1.165) is 37.4 Å². The number of rotatable bonds is 5. The maximum absolute atomic E-state index is 14.4. The highest BCUT2D eigenvalue weighted by atomic mass is 19.2. The van der Waals surface area contributed by atoms with Crippen LogP contribution in [-0.2, 0) is 6.54 Å². The van der Waals surface area contributed by atoms with Crippen LogP contribution in [0.2, 0.25) is 0 Å². The summed E-state index contributed by atoms with van der Waals surface area (Å²) in [5.41, 5.74) is 0.190. The minimum Gasteiger partial charge on any atom is -0.367 e. The molecule has 1 aromatic heterocycles. The highest BCUT2D eigenvalue weighted by Gasteiger charge is 2.31. The summed E-state index contributed by atoms with van der Waals surface area (Å²) in [5, 5.41) is 5.99. The van der Waals surface area contributed by atoms with E-state index in [2.05, 4.69) is 37.6 Å². The van der Waals surface area contributed by atoms with Gasteiger partial charge in [-0.3, -0.25) is 19.4 Å². The smallest absolute Gasteiger partial charge is 0.271 e. The molecule has 3 aromatic rings. The molecular weight excluding hydrogens is 497 g/mol. The van der Waals surface area contributed by atoms with Crippen LogP contribution < -0.4 is 15.5 Å². The van der Waals surface area contributed by atoms with E-state index < -0.39 is 34.8 Å².